The average Bonchev–Trinajstić information content (AvgIpc) is 3.32. The molecule has 0 saturated heterocycles. The molecule has 12 aromatic carbocycles. The van der Waals surface area contributed by atoms with Crippen molar-refractivity contribution < 1.29 is 0 Å². The van der Waals surface area contributed by atoms with Gasteiger partial charge < -0.3 is 0 Å². The lowest BCUT2D eigenvalue weighted by Crippen LogP contribution is -1.92. The molecule has 0 heteroatoms. The predicted molar refractivity (Wildman–Crippen MR) is 259 cm³/mol. The summed E-state index contributed by atoms with van der Waals surface area (Å²) in [4.78, 5) is 0. The lowest BCUT2D eigenvalue weighted by molar-refractivity contribution is 1.62. The summed E-state index contributed by atoms with van der Waals surface area (Å²) in [6, 6.07) is 85.2. The van der Waals surface area contributed by atoms with E-state index < -0.39 is 0 Å². The summed E-state index contributed by atoms with van der Waals surface area (Å²) in [6.45, 7) is 0. The van der Waals surface area contributed by atoms with Gasteiger partial charge in [-0.05, 0) is 138 Å². The molecule has 0 saturated carbocycles. The summed E-state index contributed by atoms with van der Waals surface area (Å²) >= 11 is 0. The van der Waals surface area contributed by atoms with Gasteiger partial charge >= 0.3 is 0 Å². The third kappa shape index (κ3) is 5.53. The summed E-state index contributed by atoms with van der Waals surface area (Å²) in [5, 5.41) is 15.1. The number of fused-ring (bicyclic) bond motifs is 6. The van der Waals surface area contributed by atoms with E-state index >= 15 is 0 Å². The molecular weight excluding hydrogens is 721 g/mol. The van der Waals surface area contributed by atoms with Gasteiger partial charge in [-0.2, -0.15) is 0 Å². The van der Waals surface area contributed by atoms with Crippen molar-refractivity contribution >= 4 is 64.6 Å². The molecule has 0 spiro atoms. The number of hydrogen-bond donors (Lipinski definition) is 0. The first kappa shape index (κ1) is 34.3. The molecule has 12 aromatic rings. The number of hydrogen-bond acceptors (Lipinski definition) is 0. The summed E-state index contributed by atoms with van der Waals surface area (Å²) in [6.07, 6.45) is 0. The van der Waals surface area contributed by atoms with Crippen LogP contribution >= 0.6 is 0 Å². The van der Waals surface area contributed by atoms with Crippen molar-refractivity contribution in [3.05, 3.63) is 231 Å². The molecule has 0 heterocycles. The molecule has 0 fully saturated rings. The highest BCUT2D eigenvalue weighted by molar-refractivity contribution is 6.23. The molecule has 0 bridgehead atoms. The SMILES string of the molecule is c1ccc(-c2c3ccccc3c(-c3ccc(-c4ccc5c(-c6ccc7ccccc7c6)c6ccccc6c(-c6ccc7ccccc7c6)c5c4)cc3)c3ccccc23)cc1. The van der Waals surface area contributed by atoms with Crippen molar-refractivity contribution in [2.24, 2.45) is 0 Å². The summed E-state index contributed by atoms with van der Waals surface area (Å²) < 4.78 is 0. The molecule has 60 heavy (non-hydrogen) atoms. The van der Waals surface area contributed by atoms with E-state index in [1.807, 2.05) is 0 Å². The largest absolute Gasteiger partial charge is 0.0622 e. The maximum Gasteiger partial charge on any atom is -0.00259 e. The highest BCUT2D eigenvalue weighted by Gasteiger charge is 2.20. The van der Waals surface area contributed by atoms with Crippen LogP contribution in [0.5, 0.6) is 0 Å². The molecule has 0 aliphatic heterocycles. The Balaban J connectivity index is 1.07. The minimum atomic E-state index is 1.19. The topological polar surface area (TPSA) is 0 Å². The van der Waals surface area contributed by atoms with Crippen LogP contribution in [0.15, 0.2) is 231 Å². The van der Waals surface area contributed by atoms with Gasteiger partial charge in [0.25, 0.3) is 0 Å². The minimum Gasteiger partial charge on any atom is -0.0622 e. The van der Waals surface area contributed by atoms with Crippen LogP contribution in [0, 0.1) is 0 Å². The van der Waals surface area contributed by atoms with Crippen LogP contribution in [0.4, 0.5) is 0 Å². The van der Waals surface area contributed by atoms with E-state index in [9.17, 15) is 0 Å². The molecule has 0 unspecified atom stereocenters. The monoisotopic (exact) mass is 758 g/mol. The van der Waals surface area contributed by atoms with E-state index in [0.717, 1.165) is 0 Å². The lowest BCUT2D eigenvalue weighted by atomic mass is 9.84. The Labute approximate surface area is 349 Å². The molecule has 0 aromatic heterocycles. The van der Waals surface area contributed by atoms with Gasteiger partial charge in [0.05, 0.1) is 0 Å². The lowest BCUT2D eigenvalue weighted by Gasteiger charge is -2.19. The Bertz CT molecular complexity index is 3570. The van der Waals surface area contributed by atoms with E-state index in [2.05, 4.69) is 231 Å². The van der Waals surface area contributed by atoms with Crippen LogP contribution in [0.1, 0.15) is 0 Å². The summed E-state index contributed by atoms with van der Waals surface area (Å²) in [5.41, 5.74) is 12.4. The van der Waals surface area contributed by atoms with Crippen LogP contribution in [0.2, 0.25) is 0 Å². The smallest absolute Gasteiger partial charge is 0.00259 e. The van der Waals surface area contributed by atoms with Crippen molar-refractivity contribution in [1.82, 2.24) is 0 Å². The van der Waals surface area contributed by atoms with Crippen LogP contribution in [0.3, 0.4) is 0 Å². The van der Waals surface area contributed by atoms with Crippen LogP contribution < -0.4 is 0 Å². The van der Waals surface area contributed by atoms with Crippen LogP contribution in [-0.4, -0.2) is 0 Å². The zero-order chi connectivity index (χ0) is 39.6. The quantitative estimate of drug-likeness (QED) is 0.153. The maximum atomic E-state index is 2.44. The molecule has 0 amide bonds. The Morgan fingerprint density at radius 3 is 0.950 bits per heavy atom. The first-order valence-electron chi connectivity index (χ1n) is 20.8. The second kappa shape index (κ2) is 13.9. The highest BCUT2D eigenvalue weighted by Crippen LogP contribution is 2.47. The van der Waals surface area contributed by atoms with Gasteiger partial charge in [-0.1, -0.05) is 212 Å². The van der Waals surface area contributed by atoms with Crippen molar-refractivity contribution in [3.63, 3.8) is 0 Å². The van der Waals surface area contributed by atoms with E-state index in [1.165, 1.54) is 120 Å². The fraction of sp³-hybridized carbons (Fsp3) is 0. The van der Waals surface area contributed by atoms with Gasteiger partial charge in [-0.3, -0.25) is 0 Å². The minimum absolute atomic E-state index is 1.19. The zero-order valence-electron chi connectivity index (χ0n) is 32.9. The standard InChI is InChI=1S/C60H38/c1-2-16-42(17-3-1)57-49-20-8-10-22-51(49)58(52-23-11-9-21-50(52)57)43-30-26-41(27-31-43)46-34-35-55-56(38-46)60(48-33-29-40-15-5-7-19-45(40)37-48)54-25-13-12-24-53(54)59(55)47-32-28-39-14-4-6-18-44(39)36-47/h1-38H. The highest BCUT2D eigenvalue weighted by atomic mass is 14.2. The molecule has 0 N–H and O–H groups in total. The number of rotatable bonds is 5. The Morgan fingerprint density at radius 1 is 0.150 bits per heavy atom. The third-order valence-electron chi connectivity index (χ3n) is 12.6. The average molecular weight is 759 g/mol. The van der Waals surface area contributed by atoms with E-state index in [4.69, 9.17) is 0 Å². The van der Waals surface area contributed by atoms with Gasteiger partial charge in [0.2, 0.25) is 0 Å². The number of benzene rings is 12. The molecule has 12 rings (SSSR count). The summed E-state index contributed by atoms with van der Waals surface area (Å²) in [7, 11) is 0. The maximum absolute atomic E-state index is 2.44. The van der Waals surface area contributed by atoms with Crippen LogP contribution in [-0.2, 0) is 0 Å². The fourth-order valence-electron chi connectivity index (χ4n) is 9.85. The van der Waals surface area contributed by atoms with Crippen molar-refractivity contribution in [1.29, 1.82) is 0 Å². The Kier molecular flexibility index (Phi) is 7.96. The molecule has 0 radical (unpaired) electrons. The molecule has 0 atom stereocenters. The molecule has 0 nitrogen and oxygen atoms in total. The second-order valence-electron chi connectivity index (χ2n) is 16.0. The predicted octanol–water partition coefficient (Wildman–Crippen LogP) is 16.9. The van der Waals surface area contributed by atoms with Gasteiger partial charge in [0.1, 0.15) is 0 Å². The first-order chi connectivity index (χ1) is 29.8. The molecule has 0 aliphatic carbocycles. The molecular formula is C60H38. The molecule has 278 valence electrons. The van der Waals surface area contributed by atoms with Crippen molar-refractivity contribution in [2.45, 2.75) is 0 Å². The van der Waals surface area contributed by atoms with Gasteiger partial charge in [0.15, 0.2) is 0 Å². The van der Waals surface area contributed by atoms with Crippen LogP contribution in [0.25, 0.3) is 120 Å². The van der Waals surface area contributed by atoms with E-state index in [1.54, 1.807) is 0 Å². The first-order valence-corrected chi connectivity index (χ1v) is 20.8. The Hall–Kier alpha value is -7.80. The third-order valence-corrected chi connectivity index (χ3v) is 12.6. The zero-order valence-corrected chi connectivity index (χ0v) is 32.9. The second-order valence-corrected chi connectivity index (χ2v) is 16.0. The van der Waals surface area contributed by atoms with Gasteiger partial charge in [-0.15, -0.1) is 0 Å². The molecule has 0 aliphatic rings. The van der Waals surface area contributed by atoms with Gasteiger partial charge in [-0.25, -0.2) is 0 Å². The normalized spacial score (nSPS) is 11.7. The summed E-state index contributed by atoms with van der Waals surface area (Å²) in [5.74, 6) is 0. The van der Waals surface area contributed by atoms with Crippen molar-refractivity contribution in [3.8, 4) is 55.6 Å². The fourth-order valence-corrected chi connectivity index (χ4v) is 9.85. The van der Waals surface area contributed by atoms with E-state index in [-0.39, 0.29) is 0 Å². The van der Waals surface area contributed by atoms with E-state index in [0.29, 0.717) is 0 Å². The Morgan fingerprint density at radius 2 is 0.467 bits per heavy atom. The van der Waals surface area contributed by atoms with Gasteiger partial charge in [0, 0.05) is 0 Å². The van der Waals surface area contributed by atoms with Crippen molar-refractivity contribution in [2.75, 3.05) is 0 Å².